The summed E-state index contributed by atoms with van der Waals surface area (Å²) < 4.78 is 5.73. The van der Waals surface area contributed by atoms with Crippen molar-refractivity contribution in [2.24, 2.45) is 5.92 Å². The molecule has 0 amide bonds. The lowest BCUT2D eigenvalue weighted by atomic mass is 9.83. The van der Waals surface area contributed by atoms with Crippen molar-refractivity contribution in [1.82, 2.24) is 0 Å². The molecule has 1 aromatic rings. The Morgan fingerprint density at radius 2 is 2.12 bits per heavy atom. The largest absolute Gasteiger partial charge is 0.396 e. The van der Waals surface area contributed by atoms with Crippen LogP contribution in [0, 0.1) is 5.92 Å². The number of rotatable bonds is 3. The summed E-state index contributed by atoms with van der Waals surface area (Å²) in [6.07, 6.45) is 0.0412. The first kappa shape index (κ1) is 11.4. The molecular weight excluding hydrogens is 200 g/mol. The molecule has 1 N–H and O–H groups in total. The molecule has 0 bridgehead atoms. The van der Waals surface area contributed by atoms with Crippen LogP contribution in [0.2, 0.25) is 0 Å². The fourth-order valence-corrected chi connectivity index (χ4v) is 2.42. The summed E-state index contributed by atoms with van der Waals surface area (Å²) in [5.41, 5.74) is 2.26. The third kappa shape index (κ3) is 2.04. The maximum absolute atomic E-state index is 9.39. The van der Waals surface area contributed by atoms with Gasteiger partial charge in [-0.1, -0.05) is 42.5 Å². The fourth-order valence-electron chi connectivity index (χ4n) is 2.42. The zero-order valence-corrected chi connectivity index (χ0v) is 9.60. The van der Waals surface area contributed by atoms with E-state index in [4.69, 9.17) is 4.74 Å². The second-order valence-corrected chi connectivity index (χ2v) is 4.48. The number of benzene rings is 1. The Morgan fingerprint density at radius 3 is 2.69 bits per heavy atom. The lowest BCUT2D eigenvalue weighted by Crippen LogP contribution is -2.21. The summed E-state index contributed by atoms with van der Waals surface area (Å²) in [6, 6.07) is 10.2. The Bertz CT molecular complexity index is 358. The fraction of sp³-hybridized carbons (Fsp3) is 0.429. The van der Waals surface area contributed by atoms with Crippen LogP contribution in [-0.2, 0) is 4.74 Å². The topological polar surface area (TPSA) is 29.5 Å². The lowest BCUT2D eigenvalue weighted by Gasteiger charge is -2.22. The predicted octanol–water partition coefficient (Wildman–Crippen LogP) is 2.35. The molecule has 0 radical (unpaired) electrons. The monoisotopic (exact) mass is 218 g/mol. The Kier molecular flexibility index (Phi) is 3.42. The minimum absolute atomic E-state index is 0.0412. The summed E-state index contributed by atoms with van der Waals surface area (Å²) >= 11 is 0. The van der Waals surface area contributed by atoms with Gasteiger partial charge >= 0.3 is 0 Å². The minimum atomic E-state index is 0.0412. The van der Waals surface area contributed by atoms with Crippen LogP contribution in [0.15, 0.2) is 42.5 Å². The molecule has 0 aliphatic carbocycles. The van der Waals surface area contributed by atoms with Gasteiger partial charge in [-0.05, 0) is 12.5 Å². The van der Waals surface area contributed by atoms with E-state index in [9.17, 15) is 5.11 Å². The van der Waals surface area contributed by atoms with Gasteiger partial charge in [0, 0.05) is 18.4 Å². The van der Waals surface area contributed by atoms with Gasteiger partial charge in [-0.25, -0.2) is 0 Å². The van der Waals surface area contributed by atoms with Crippen molar-refractivity contribution in [2.45, 2.75) is 18.9 Å². The van der Waals surface area contributed by atoms with Gasteiger partial charge in [-0.2, -0.15) is 0 Å². The first-order valence-corrected chi connectivity index (χ1v) is 5.67. The molecule has 2 heteroatoms. The molecule has 1 aliphatic heterocycles. The summed E-state index contributed by atoms with van der Waals surface area (Å²) in [5.74, 6) is 0.424. The lowest BCUT2D eigenvalue weighted by molar-refractivity contribution is 0.120. The molecule has 1 aromatic carbocycles. The Balaban J connectivity index is 2.30. The summed E-state index contributed by atoms with van der Waals surface area (Å²) in [7, 11) is 0. The van der Waals surface area contributed by atoms with Gasteiger partial charge in [-0.15, -0.1) is 0 Å². The molecular formula is C14H18O2. The first-order chi connectivity index (χ1) is 7.74. The van der Waals surface area contributed by atoms with Gasteiger partial charge in [0.15, 0.2) is 0 Å². The van der Waals surface area contributed by atoms with E-state index >= 15 is 0 Å². The van der Waals surface area contributed by atoms with Gasteiger partial charge < -0.3 is 9.84 Å². The highest BCUT2D eigenvalue weighted by molar-refractivity contribution is 5.26. The van der Waals surface area contributed by atoms with Crippen LogP contribution in [0.5, 0.6) is 0 Å². The summed E-state index contributed by atoms with van der Waals surface area (Å²) in [4.78, 5) is 0. The molecule has 1 fully saturated rings. The highest BCUT2D eigenvalue weighted by Gasteiger charge is 2.37. The van der Waals surface area contributed by atoms with Crippen LogP contribution >= 0.6 is 0 Å². The van der Waals surface area contributed by atoms with Gasteiger partial charge in [0.25, 0.3) is 0 Å². The smallest absolute Gasteiger partial charge is 0.0852 e. The Hall–Kier alpha value is -1.12. The Labute approximate surface area is 96.6 Å². The molecule has 1 saturated heterocycles. The minimum Gasteiger partial charge on any atom is -0.396 e. The van der Waals surface area contributed by atoms with E-state index in [1.54, 1.807) is 0 Å². The average molecular weight is 218 g/mol. The highest BCUT2D eigenvalue weighted by atomic mass is 16.5. The molecule has 16 heavy (non-hydrogen) atoms. The van der Waals surface area contributed by atoms with E-state index in [0.29, 0.717) is 6.61 Å². The third-order valence-corrected chi connectivity index (χ3v) is 3.23. The molecule has 0 aromatic heterocycles. The SMILES string of the molecule is C=C(C)[C@@H]1OC[C@@H](CO)[C@@H]1c1ccccc1. The highest BCUT2D eigenvalue weighted by Crippen LogP contribution is 2.38. The van der Waals surface area contributed by atoms with Crippen LogP contribution in [-0.4, -0.2) is 24.4 Å². The van der Waals surface area contributed by atoms with E-state index < -0.39 is 0 Å². The number of aliphatic hydroxyl groups excluding tert-OH is 1. The number of aliphatic hydroxyl groups is 1. The molecule has 1 heterocycles. The van der Waals surface area contributed by atoms with Gasteiger partial charge in [0.1, 0.15) is 0 Å². The molecule has 86 valence electrons. The van der Waals surface area contributed by atoms with Crippen molar-refractivity contribution in [1.29, 1.82) is 0 Å². The maximum Gasteiger partial charge on any atom is 0.0852 e. The average Bonchev–Trinajstić information content (AvgIpc) is 2.73. The number of hydrogen-bond donors (Lipinski definition) is 1. The maximum atomic E-state index is 9.39. The second kappa shape index (κ2) is 4.81. The van der Waals surface area contributed by atoms with E-state index in [-0.39, 0.29) is 24.5 Å². The van der Waals surface area contributed by atoms with Crippen molar-refractivity contribution in [3.8, 4) is 0 Å². The van der Waals surface area contributed by atoms with Gasteiger partial charge in [0.2, 0.25) is 0 Å². The molecule has 0 unspecified atom stereocenters. The standard InChI is InChI=1S/C14H18O2/c1-10(2)14-13(12(8-15)9-16-14)11-6-4-3-5-7-11/h3-7,12-15H,1,8-9H2,2H3/t12-,13+,14+/m1/s1. The zero-order chi connectivity index (χ0) is 11.5. The van der Waals surface area contributed by atoms with E-state index in [0.717, 1.165) is 5.57 Å². The number of hydrogen-bond acceptors (Lipinski definition) is 2. The zero-order valence-electron chi connectivity index (χ0n) is 9.60. The molecule has 0 spiro atoms. The molecule has 2 nitrogen and oxygen atoms in total. The van der Waals surface area contributed by atoms with E-state index in [1.807, 2.05) is 25.1 Å². The second-order valence-electron chi connectivity index (χ2n) is 4.48. The van der Waals surface area contributed by atoms with Crippen LogP contribution in [0.4, 0.5) is 0 Å². The third-order valence-electron chi connectivity index (χ3n) is 3.23. The van der Waals surface area contributed by atoms with Gasteiger partial charge in [0.05, 0.1) is 12.7 Å². The van der Waals surface area contributed by atoms with Crippen molar-refractivity contribution in [3.05, 3.63) is 48.0 Å². The normalized spacial score (nSPS) is 29.2. The van der Waals surface area contributed by atoms with Crippen molar-refractivity contribution in [3.63, 3.8) is 0 Å². The quantitative estimate of drug-likeness (QED) is 0.789. The number of ether oxygens (including phenoxy) is 1. The molecule has 1 aliphatic rings. The predicted molar refractivity (Wildman–Crippen MR) is 64.3 cm³/mol. The van der Waals surface area contributed by atoms with Gasteiger partial charge in [-0.3, -0.25) is 0 Å². The summed E-state index contributed by atoms with van der Waals surface area (Å²) in [6.45, 7) is 6.75. The van der Waals surface area contributed by atoms with E-state index in [2.05, 4.69) is 18.7 Å². The van der Waals surface area contributed by atoms with Crippen molar-refractivity contribution >= 4 is 0 Å². The van der Waals surface area contributed by atoms with Crippen LogP contribution in [0.25, 0.3) is 0 Å². The molecule has 0 saturated carbocycles. The van der Waals surface area contributed by atoms with E-state index in [1.165, 1.54) is 5.56 Å². The molecule has 3 atom stereocenters. The Morgan fingerprint density at radius 1 is 1.44 bits per heavy atom. The van der Waals surface area contributed by atoms with Crippen LogP contribution in [0.3, 0.4) is 0 Å². The first-order valence-electron chi connectivity index (χ1n) is 5.67. The summed E-state index contributed by atoms with van der Waals surface area (Å²) in [5, 5.41) is 9.39. The van der Waals surface area contributed by atoms with Crippen LogP contribution < -0.4 is 0 Å². The molecule has 2 rings (SSSR count). The van der Waals surface area contributed by atoms with Crippen molar-refractivity contribution < 1.29 is 9.84 Å². The van der Waals surface area contributed by atoms with Crippen molar-refractivity contribution in [2.75, 3.05) is 13.2 Å². The van der Waals surface area contributed by atoms with Crippen LogP contribution in [0.1, 0.15) is 18.4 Å².